The van der Waals surface area contributed by atoms with Crippen LogP contribution in [-0.4, -0.2) is 22.0 Å². The molecule has 1 aromatic heterocycles. The fourth-order valence-electron chi connectivity index (χ4n) is 3.24. The van der Waals surface area contributed by atoms with E-state index in [2.05, 4.69) is 39.1 Å². The van der Waals surface area contributed by atoms with Gasteiger partial charge < -0.3 is 15.6 Å². The van der Waals surface area contributed by atoms with Crippen molar-refractivity contribution in [3.8, 4) is 0 Å². The van der Waals surface area contributed by atoms with Gasteiger partial charge in [-0.1, -0.05) is 49.2 Å². The second-order valence-electron chi connectivity index (χ2n) is 6.91. The molecule has 1 amide bonds. The number of halogens is 2. The van der Waals surface area contributed by atoms with Gasteiger partial charge in [0.25, 0.3) is 0 Å². The number of nitrogens with zero attached hydrogens (tertiary/aromatic N) is 2. The third kappa shape index (κ3) is 7.69. The lowest BCUT2D eigenvalue weighted by molar-refractivity contribution is -0.121. The molecule has 0 fully saturated rings. The number of hydrogen-bond acceptors (Lipinski definition) is 3. The number of para-hydroxylation sites is 2. The second kappa shape index (κ2) is 13.2. The largest absolute Gasteiger partial charge is 0.352 e. The van der Waals surface area contributed by atoms with E-state index in [0.29, 0.717) is 13.0 Å². The number of nitrogens with two attached hydrogens (primary N) is 1. The van der Waals surface area contributed by atoms with Crippen LogP contribution in [0.4, 0.5) is 0 Å². The van der Waals surface area contributed by atoms with Crippen molar-refractivity contribution >= 4 is 41.8 Å². The molecule has 158 valence electrons. The minimum atomic E-state index is 0. The fourth-order valence-corrected chi connectivity index (χ4v) is 3.24. The lowest BCUT2D eigenvalue weighted by atomic mass is 10.1. The highest BCUT2D eigenvalue weighted by Gasteiger charge is 2.05. The first kappa shape index (κ1) is 25.0. The van der Waals surface area contributed by atoms with Gasteiger partial charge in [0.1, 0.15) is 0 Å². The molecule has 0 saturated carbocycles. The Kier molecular flexibility index (Phi) is 11.4. The van der Waals surface area contributed by atoms with Crippen LogP contribution in [0.3, 0.4) is 0 Å². The van der Waals surface area contributed by atoms with Gasteiger partial charge >= 0.3 is 0 Å². The van der Waals surface area contributed by atoms with Crippen molar-refractivity contribution < 1.29 is 4.79 Å². The molecule has 2 aromatic carbocycles. The van der Waals surface area contributed by atoms with Gasteiger partial charge in [0.2, 0.25) is 5.91 Å². The SMILES string of the molecule is Cl.Cl.NCCCCCCC(=O)NCc1cccc(Cn2cnc3ccccc32)c1. The summed E-state index contributed by atoms with van der Waals surface area (Å²) < 4.78 is 2.15. The molecule has 0 saturated heterocycles. The van der Waals surface area contributed by atoms with Gasteiger partial charge in [-0.3, -0.25) is 4.79 Å². The average Bonchev–Trinajstić information content (AvgIpc) is 3.09. The summed E-state index contributed by atoms with van der Waals surface area (Å²) in [6, 6.07) is 16.5. The first-order valence-electron chi connectivity index (χ1n) is 9.71. The standard InChI is InChI=1S/C22H28N4O.2ClH/c23-13-6-2-1-3-12-22(27)24-15-18-8-7-9-19(14-18)16-26-17-25-20-10-4-5-11-21(20)26;;/h4-5,7-11,14,17H,1-3,6,12-13,15-16,23H2,(H,24,27);2*1H. The van der Waals surface area contributed by atoms with Gasteiger partial charge in [0, 0.05) is 19.5 Å². The summed E-state index contributed by atoms with van der Waals surface area (Å²) in [6.45, 7) is 2.07. The number of imidazole rings is 1. The Hall–Kier alpha value is -2.08. The van der Waals surface area contributed by atoms with Gasteiger partial charge in [0.05, 0.1) is 17.4 Å². The highest BCUT2D eigenvalue weighted by atomic mass is 35.5. The van der Waals surface area contributed by atoms with Crippen LogP contribution in [-0.2, 0) is 17.9 Å². The molecule has 0 spiro atoms. The Morgan fingerprint density at radius 1 is 0.966 bits per heavy atom. The molecule has 0 aliphatic carbocycles. The summed E-state index contributed by atoms with van der Waals surface area (Å²) >= 11 is 0. The maximum atomic E-state index is 12.0. The van der Waals surface area contributed by atoms with Crippen LogP contribution >= 0.6 is 24.8 Å². The Morgan fingerprint density at radius 3 is 2.55 bits per heavy atom. The molecule has 0 aliphatic heterocycles. The van der Waals surface area contributed by atoms with E-state index in [1.54, 1.807) is 0 Å². The van der Waals surface area contributed by atoms with E-state index in [1.165, 1.54) is 5.56 Å². The van der Waals surface area contributed by atoms with Gasteiger partial charge in [-0.05, 0) is 42.6 Å². The van der Waals surface area contributed by atoms with Crippen LogP contribution in [0.2, 0.25) is 0 Å². The van der Waals surface area contributed by atoms with Gasteiger partial charge in [-0.2, -0.15) is 0 Å². The van der Waals surface area contributed by atoms with Crippen molar-refractivity contribution in [1.29, 1.82) is 0 Å². The maximum Gasteiger partial charge on any atom is 0.220 e. The summed E-state index contributed by atoms with van der Waals surface area (Å²) in [5.41, 5.74) is 9.94. The van der Waals surface area contributed by atoms with Crippen LogP contribution in [0.1, 0.15) is 43.2 Å². The summed E-state index contributed by atoms with van der Waals surface area (Å²) in [4.78, 5) is 16.4. The number of rotatable bonds is 10. The summed E-state index contributed by atoms with van der Waals surface area (Å²) in [7, 11) is 0. The van der Waals surface area contributed by atoms with Crippen LogP contribution in [0.25, 0.3) is 11.0 Å². The monoisotopic (exact) mass is 436 g/mol. The summed E-state index contributed by atoms with van der Waals surface area (Å²) in [5.74, 6) is 0.119. The molecule has 0 radical (unpaired) electrons. The Balaban J connectivity index is 0.00000210. The quantitative estimate of drug-likeness (QED) is 0.460. The zero-order valence-electron chi connectivity index (χ0n) is 16.5. The van der Waals surface area contributed by atoms with Crippen LogP contribution in [0, 0.1) is 0 Å². The molecule has 3 rings (SSSR count). The number of amides is 1. The highest BCUT2D eigenvalue weighted by molar-refractivity contribution is 5.85. The minimum absolute atomic E-state index is 0. The molecule has 1 heterocycles. The molecule has 0 unspecified atom stereocenters. The number of fused-ring (bicyclic) bond motifs is 1. The van der Waals surface area contributed by atoms with Gasteiger partial charge in [-0.15, -0.1) is 24.8 Å². The Bertz CT molecular complexity index is 882. The number of carbonyl (C=O) groups is 1. The predicted octanol–water partition coefficient (Wildman–Crippen LogP) is 4.45. The summed E-state index contributed by atoms with van der Waals surface area (Å²) in [6.07, 6.45) is 6.61. The third-order valence-electron chi connectivity index (χ3n) is 4.72. The second-order valence-corrected chi connectivity index (χ2v) is 6.91. The molecule has 0 atom stereocenters. The smallest absolute Gasteiger partial charge is 0.220 e. The van der Waals surface area contributed by atoms with Crippen molar-refractivity contribution in [2.24, 2.45) is 5.73 Å². The Morgan fingerprint density at radius 2 is 1.72 bits per heavy atom. The number of benzene rings is 2. The van der Waals surface area contributed by atoms with E-state index in [0.717, 1.165) is 55.4 Å². The van der Waals surface area contributed by atoms with E-state index < -0.39 is 0 Å². The third-order valence-corrected chi connectivity index (χ3v) is 4.72. The highest BCUT2D eigenvalue weighted by Crippen LogP contribution is 2.15. The number of nitrogens with one attached hydrogen (secondary N) is 1. The van der Waals surface area contributed by atoms with E-state index >= 15 is 0 Å². The Labute approximate surface area is 184 Å². The molecule has 3 aromatic rings. The van der Waals surface area contributed by atoms with Crippen molar-refractivity contribution in [1.82, 2.24) is 14.9 Å². The van der Waals surface area contributed by atoms with Crippen LogP contribution in [0.15, 0.2) is 54.9 Å². The van der Waals surface area contributed by atoms with Crippen molar-refractivity contribution in [2.45, 2.75) is 45.2 Å². The lowest BCUT2D eigenvalue weighted by Crippen LogP contribution is -2.22. The molecule has 0 aliphatic rings. The predicted molar refractivity (Wildman–Crippen MR) is 124 cm³/mol. The molecule has 0 bridgehead atoms. The zero-order valence-corrected chi connectivity index (χ0v) is 18.2. The van der Waals surface area contributed by atoms with Crippen LogP contribution < -0.4 is 11.1 Å². The fraction of sp³-hybridized carbons (Fsp3) is 0.364. The van der Waals surface area contributed by atoms with Gasteiger partial charge in [0.15, 0.2) is 0 Å². The molecular formula is C22H30Cl2N4O. The minimum Gasteiger partial charge on any atom is -0.352 e. The molecule has 5 nitrogen and oxygen atoms in total. The summed E-state index contributed by atoms with van der Waals surface area (Å²) in [5, 5.41) is 3.02. The molecule has 7 heteroatoms. The van der Waals surface area contributed by atoms with Crippen molar-refractivity contribution in [3.63, 3.8) is 0 Å². The number of carbonyl (C=O) groups excluding carboxylic acids is 1. The normalized spacial score (nSPS) is 10.2. The average molecular weight is 437 g/mol. The number of hydrogen-bond donors (Lipinski definition) is 2. The first-order chi connectivity index (χ1) is 13.3. The maximum absolute atomic E-state index is 12.0. The number of unbranched alkanes of at least 4 members (excludes halogenated alkanes) is 3. The van der Waals surface area contributed by atoms with Crippen LogP contribution in [0.5, 0.6) is 0 Å². The molecule has 3 N–H and O–H groups in total. The zero-order chi connectivity index (χ0) is 18.9. The van der Waals surface area contributed by atoms with Gasteiger partial charge in [-0.25, -0.2) is 4.98 Å². The van der Waals surface area contributed by atoms with E-state index in [1.807, 2.05) is 30.6 Å². The topological polar surface area (TPSA) is 72.9 Å². The molecule has 29 heavy (non-hydrogen) atoms. The van der Waals surface area contributed by atoms with E-state index in [-0.39, 0.29) is 30.7 Å². The molecular weight excluding hydrogens is 407 g/mol. The van der Waals surface area contributed by atoms with Crippen molar-refractivity contribution in [3.05, 3.63) is 66.0 Å². The van der Waals surface area contributed by atoms with Crippen molar-refractivity contribution in [2.75, 3.05) is 6.54 Å². The van der Waals surface area contributed by atoms with E-state index in [4.69, 9.17) is 5.73 Å². The van der Waals surface area contributed by atoms with E-state index in [9.17, 15) is 4.79 Å². The first-order valence-corrected chi connectivity index (χ1v) is 9.71. The lowest BCUT2D eigenvalue weighted by Gasteiger charge is -2.09. The number of aromatic nitrogens is 2.